The van der Waals surface area contributed by atoms with Gasteiger partial charge in [-0.2, -0.15) is 0 Å². The molecule has 0 unspecified atom stereocenters. The van der Waals surface area contributed by atoms with E-state index in [1.54, 1.807) is 0 Å². The molecule has 1 aromatic rings. The molecule has 7 nitrogen and oxygen atoms in total. The van der Waals surface area contributed by atoms with Crippen LogP contribution in [0.1, 0.15) is 25.3 Å². The van der Waals surface area contributed by atoms with Crippen molar-refractivity contribution in [1.82, 2.24) is 15.5 Å². The van der Waals surface area contributed by atoms with Gasteiger partial charge < -0.3 is 20.8 Å². The van der Waals surface area contributed by atoms with Gasteiger partial charge in [0.05, 0.1) is 19.2 Å². The van der Waals surface area contributed by atoms with Crippen LogP contribution in [-0.4, -0.2) is 64.9 Å². The van der Waals surface area contributed by atoms with Gasteiger partial charge in [-0.25, -0.2) is 4.79 Å². The van der Waals surface area contributed by atoms with Crippen LogP contribution < -0.4 is 10.6 Å². The predicted octanol–water partition coefficient (Wildman–Crippen LogP) is 0.827. The van der Waals surface area contributed by atoms with Crippen LogP contribution in [-0.2, 0) is 11.2 Å². The van der Waals surface area contributed by atoms with E-state index in [1.165, 1.54) is 0 Å². The third-order valence-corrected chi connectivity index (χ3v) is 4.59. The number of carboxylic acids is 1. The van der Waals surface area contributed by atoms with Crippen molar-refractivity contribution in [2.24, 2.45) is 0 Å². The van der Waals surface area contributed by atoms with Crippen LogP contribution in [0.5, 0.6) is 0 Å². The van der Waals surface area contributed by atoms with Gasteiger partial charge in [-0.05, 0) is 31.4 Å². The smallest absolute Gasteiger partial charge is 0.317 e. The lowest BCUT2D eigenvalue weighted by atomic mass is 9.85. The number of hydrogen-bond acceptors (Lipinski definition) is 4. The van der Waals surface area contributed by atoms with Crippen LogP contribution in [0.4, 0.5) is 4.79 Å². The number of aliphatic carboxylic acids is 1. The molecule has 4 N–H and O–H groups in total. The summed E-state index contributed by atoms with van der Waals surface area (Å²) in [6, 6.07) is 9.31. The average Bonchev–Trinajstić information content (AvgIpc) is 2.56. The highest BCUT2D eigenvalue weighted by Gasteiger charge is 2.34. The zero-order valence-corrected chi connectivity index (χ0v) is 14.5. The number of hydrogen-bond donors (Lipinski definition) is 4. The van der Waals surface area contributed by atoms with Crippen molar-refractivity contribution in [3.05, 3.63) is 35.9 Å². The van der Waals surface area contributed by atoms with E-state index in [2.05, 4.69) is 10.6 Å². The summed E-state index contributed by atoms with van der Waals surface area (Å²) in [6.45, 7) is 2.52. The molecular weight excluding hydrogens is 322 g/mol. The Balaban J connectivity index is 1.72. The summed E-state index contributed by atoms with van der Waals surface area (Å²) >= 11 is 0. The summed E-state index contributed by atoms with van der Waals surface area (Å²) in [5, 5.41) is 24.1. The first kappa shape index (κ1) is 19.2. The Morgan fingerprint density at radius 2 is 1.96 bits per heavy atom. The largest absolute Gasteiger partial charge is 0.480 e. The molecule has 0 heterocycles. The Morgan fingerprint density at radius 1 is 1.28 bits per heavy atom. The number of rotatable bonds is 9. The number of nitrogens with one attached hydrogen (secondary N) is 2. The highest BCUT2D eigenvalue weighted by molar-refractivity contribution is 5.74. The maximum Gasteiger partial charge on any atom is 0.317 e. The minimum atomic E-state index is -0.831. The summed E-state index contributed by atoms with van der Waals surface area (Å²) < 4.78 is 0. The number of likely N-dealkylation sites (N-methyl/N-ethyl adjacent to an activating group) is 1. The Bertz CT molecular complexity index is 561. The maximum absolute atomic E-state index is 12.1. The standard InChI is InChI=1S/C18H27N3O4/c1-2-21(11-17(23)24)16-9-14(10-16)19-18(25)20-15(12-22)8-13-6-4-3-5-7-13/h3-7,14-16,22H,2,8-12H2,1H3,(H,23,24)(H2,19,20,25)/t14?,15-,16?/m0/s1. The van der Waals surface area contributed by atoms with E-state index >= 15 is 0 Å². The monoisotopic (exact) mass is 349 g/mol. The molecule has 138 valence electrons. The summed E-state index contributed by atoms with van der Waals surface area (Å²) in [7, 11) is 0. The number of aliphatic hydroxyl groups is 1. The molecule has 0 spiro atoms. The number of benzene rings is 1. The van der Waals surface area contributed by atoms with Gasteiger partial charge in [0.1, 0.15) is 0 Å². The van der Waals surface area contributed by atoms with Crippen LogP contribution in [0.25, 0.3) is 0 Å². The maximum atomic E-state index is 12.1. The van der Waals surface area contributed by atoms with E-state index in [0.29, 0.717) is 13.0 Å². The SMILES string of the molecule is CCN(CC(=O)O)C1CC(NC(=O)N[C@H](CO)Cc2ccccc2)C1. The zero-order chi connectivity index (χ0) is 18.2. The molecule has 1 fully saturated rings. The number of amides is 2. The van der Waals surface area contributed by atoms with Crippen LogP contribution in [0.15, 0.2) is 30.3 Å². The Hall–Kier alpha value is -2.12. The van der Waals surface area contributed by atoms with Crippen molar-refractivity contribution in [2.45, 2.75) is 44.3 Å². The first-order valence-electron chi connectivity index (χ1n) is 8.69. The number of carboxylic acid groups (broad SMARTS) is 1. The molecule has 0 aromatic heterocycles. The second-order valence-electron chi connectivity index (χ2n) is 6.47. The summed E-state index contributed by atoms with van der Waals surface area (Å²) in [5.41, 5.74) is 1.05. The quantitative estimate of drug-likeness (QED) is 0.529. The number of carbonyl (C=O) groups excluding carboxylic acids is 1. The molecule has 25 heavy (non-hydrogen) atoms. The van der Waals surface area contributed by atoms with Crippen molar-refractivity contribution in [1.29, 1.82) is 0 Å². The molecule has 1 aliphatic rings. The summed E-state index contributed by atoms with van der Waals surface area (Å²) in [6.07, 6.45) is 2.06. The Labute approximate surface area is 148 Å². The second kappa shape index (κ2) is 9.39. The number of aliphatic hydroxyl groups excluding tert-OH is 1. The van der Waals surface area contributed by atoms with Gasteiger partial charge >= 0.3 is 12.0 Å². The second-order valence-corrected chi connectivity index (χ2v) is 6.47. The third-order valence-electron chi connectivity index (χ3n) is 4.59. The van der Waals surface area contributed by atoms with Gasteiger partial charge in [0.25, 0.3) is 0 Å². The Kier molecular flexibility index (Phi) is 7.21. The molecule has 0 saturated heterocycles. The topological polar surface area (TPSA) is 102 Å². The van der Waals surface area contributed by atoms with Crippen LogP contribution >= 0.6 is 0 Å². The van der Waals surface area contributed by atoms with Crippen LogP contribution in [0, 0.1) is 0 Å². The molecule has 2 rings (SSSR count). The van der Waals surface area contributed by atoms with Crippen LogP contribution in [0.3, 0.4) is 0 Å². The van der Waals surface area contributed by atoms with Gasteiger partial charge in [0.2, 0.25) is 0 Å². The highest BCUT2D eigenvalue weighted by atomic mass is 16.4. The minimum Gasteiger partial charge on any atom is -0.480 e. The zero-order valence-electron chi connectivity index (χ0n) is 14.5. The summed E-state index contributed by atoms with van der Waals surface area (Å²) in [5.74, 6) is -0.831. The van der Waals surface area contributed by atoms with E-state index in [0.717, 1.165) is 18.4 Å². The van der Waals surface area contributed by atoms with E-state index in [9.17, 15) is 14.7 Å². The van der Waals surface area contributed by atoms with E-state index < -0.39 is 5.97 Å². The van der Waals surface area contributed by atoms with Gasteiger partial charge in [-0.1, -0.05) is 37.3 Å². The van der Waals surface area contributed by atoms with E-state index in [4.69, 9.17) is 5.11 Å². The fraction of sp³-hybridized carbons (Fsp3) is 0.556. The van der Waals surface area contributed by atoms with Crippen molar-refractivity contribution in [3.63, 3.8) is 0 Å². The summed E-state index contributed by atoms with van der Waals surface area (Å²) in [4.78, 5) is 24.8. The molecule has 1 saturated carbocycles. The lowest BCUT2D eigenvalue weighted by molar-refractivity contribution is -0.139. The molecule has 0 bridgehead atoms. The van der Waals surface area contributed by atoms with E-state index in [-0.39, 0.29) is 37.3 Å². The van der Waals surface area contributed by atoms with E-state index in [1.807, 2.05) is 42.2 Å². The molecule has 0 aliphatic heterocycles. The van der Waals surface area contributed by atoms with Gasteiger partial charge in [0.15, 0.2) is 0 Å². The lowest BCUT2D eigenvalue weighted by Gasteiger charge is -2.42. The molecule has 1 aromatic carbocycles. The van der Waals surface area contributed by atoms with Gasteiger partial charge in [0, 0.05) is 12.1 Å². The molecule has 2 amide bonds. The molecule has 0 radical (unpaired) electrons. The van der Waals surface area contributed by atoms with Gasteiger partial charge in [-0.3, -0.25) is 9.69 Å². The normalized spacial score (nSPS) is 20.6. The Morgan fingerprint density at radius 3 is 2.52 bits per heavy atom. The third kappa shape index (κ3) is 6.03. The fourth-order valence-electron chi connectivity index (χ4n) is 3.15. The minimum absolute atomic E-state index is 0.0315. The average molecular weight is 349 g/mol. The van der Waals surface area contributed by atoms with Crippen molar-refractivity contribution in [3.8, 4) is 0 Å². The number of nitrogens with zero attached hydrogens (tertiary/aromatic N) is 1. The fourth-order valence-corrected chi connectivity index (χ4v) is 3.15. The lowest BCUT2D eigenvalue weighted by Crippen LogP contribution is -2.57. The number of carbonyl (C=O) groups is 2. The first-order valence-corrected chi connectivity index (χ1v) is 8.69. The highest BCUT2D eigenvalue weighted by Crippen LogP contribution is 2.25. The molecule has 7 heteroatoms. The molecular formula is C18H27N3O4. The van der Waals surface area contributed by atoms with Crippen molar-refractivity contribution < 1.29 is 19.8 Å². The predicted molar refractivity (Wildman–Crippen MR) is 94.4 cm³/mol. The van der Waals surface area contributed by atoms with Gasteiger partial charge in [-0.15, -0.1) is 0 Å². The molecule has 1 atom stereocenters. The van der Waals surface area contributed by atoms with Crippen molar-refractivity contribution >= 4 is 12.0 Å². The number of urea groups is 1. The first-order chi connectivity index (χ1) is 12.0. The van der Waals surface area contributed by atoms with Crippen molar-refractivity contribution in [2.75, 3.05) is 19.7 Å². The van der Waals surface area contributed by atoms with Crippen LogP contribution in [0.2, 0.25) is 0 Å². The molecule has 1 aliphatic carbocycles.